The van der Waals surface area contributed by atoms with Crippen molar-refractivity contribution in [1.82, 2.24) is 19.7 Å². The molecule has 3 heterocycles. The number of ether oxygens (including phenoxy) is 1. The van der Waals surface area contributed by atoms with E-state index in [1.165, 1.54) is 30.5 Å². The molecule has 0 spiro atoms. The van der Waals surface area contributed by atoms with E-state index in [0.717, 1.165) is 15.3 Å². The average Bonchev–Trinajstić information content (AvgIpc) is 2.98. The van der Waals surface area contributed by atoms with E-state index in [2.05, 4.69) is 15.4 Å². The van der Waals surface area contributed by atoms with Gasteiger partial charge in [0.2, 0.25) is 0 Å². The first-order valence-corrected chi connectivity index (χ1v) is 8.55. The molecule has 2 amide bonds. The van der Waals surface area contributed by atoms with Crippen LogP contribution < -0.4 is 10.9 Å². The number of amides is 2. The van der Waals surface area contributed by atoms with E-state index in [-0.39, 0.29) is 23.8 Å². The number of aromatic nitrogens is 3. The summed E-state index contributed by atoms with van der Waals surface area (Å²) >= 11 is 1.32. The van der Waals surface area contributed by atoms with Gasteiger partial charge < -0.3 is 9.64 Å². The van der Waals surface area contributed by atoms with Crippen molar-refractivity contribution < 1.29 is 14.3 Å². The number of thiazole rings is 1. The SMILES string of the molecule is CCOC(=O)Nc1nc2c(s1)CN(C(=O)c1ccc(=O)n(C)n1)CC2. The summed E-state index contributed by atoms with van der Waals surface area (Å²) < 4.78 is 5.97. The van der Waals surface area contributed by atoms with Crippen molar-refractivity contribution in [3.8, 4) is 0 Å². The third kappa shape index (κ3) is 3.68. The molecular formula is C15H17N5O4S. The highest BCUT2D eigenvalue weighted by molar-refractivity contribution is 7.15. The van der Waals surface area contributed by atoms with Crippen molar-refractivity contribution >= 4 is 28.5 Å². The number of carbonyl (C=O) groups excluding carboxylic acids is 2. The number of carbonyl (C=O) groups is 2. The highest BCUT2D eigenvalue weighted by Gasteiger charge is 2.26. The highest BCUT2D eigenvalue weighted by atomic mass is 32.1. The van der Waals surface area contributed by atoms with Gasteiger partial charge in [-0.3, -0.25) is 14.9 Å². The zero-order valence-electron chi connectivity index (χ0n) is 13.8. The van der Waals surface area contributed by atoms with Gasteiger partial charge in [0.25, 0.3) is 11.5 Å². The third-order valence-corrected chi connectivity index (χ3v) is 4.68. The molecule has 0 saturated heterocycles. The predicted molar refractivity (Wildman–Crippen MR) is 90.7 cm³/mol. The van der Waals surface area contributed by atoms with Crippen LogP contribution in [-0.2, 0) is 24.8 Å². The summed E-state index contributed by atoms with van der Waals surface area (Å²) in [5, 5.41) is 7.03. The maximum atomic E-state index is 12.6. The van der Waals surface area contributed by atoms with E-state index in [1.54, 1.807) is 11.8 Å². The Morgan fingerprint density at radius 1 is 1.40 bits per heavy atom. The summed E-state index contributed by atoms with van der Waals surface area (Å²) in [4.78, 5) is 42.4. The van der Waals surface area contributed by atoms with E-state index < -0.39 is 6.09 Å². The first-order valence-electron chi connectivity index (χ1n) is 7.74. The van der Waals surface area contributed by atoms with Crippen LogP contribution in [0.25, 0.3) is 0 Å². The predicted octanol–water partition coefficient (Wildman–Crippen LogP) is 1.00. The lowest BCUT2D eigenvalue weighted by molar-refractivity contribution is 0.0727. The zero-order chi connectivity index (χ0) is 18.0. The molecular weight excluding hydrogens is 346 g/mol. The molecule has 25 heavy (non-hydrogen) atoms. The van der Waals surface area contributed by atoms with Crippen LogP contribution >= 0.6 is 11.3 Å². The van der Waals surface area contributed by atoms with Crippen molar-refractivity contribution in [2.75, 3.05) is 18.5 Å². The quantitative estimate of drug-likeness (QED) is 0.872. The normalized spacial score (nSPS) is 13.3. The molecule has 0 fully saturated rings. The van der Waals surface area contributed by atoms with Gasteiger partial charge in [-0.2, -0.15) is 5.10 Å². The number of hydrogen-bond acceptors (Lipinski definition) is 7. The van der Waals surface area contributed by atoms with E-state index in [1.807, 2.05) is 0 Å². The minimum Gasteiger partial charge on any atom is -0.450 e. The monoisotopic (exact) mass is 363 g/mol. The Kier molecular flexibility index (Phi) is 4.79. The number of fused-ring (bicyclic) bond motifs is 1. The van der Waals surface area contributed by atoms with Crippen LogP contribution in [0, 0.1) is 0 Å². The van der Waals surface area contributed by atoms with Crippen molar-refractivity contribution in [3.63, 3.8) is 0 Å². The van der Waals surface area contributed by atoms with Gasteiger partial charge in [0.1, 0.15) is 5.69 Å². The van der Waals surface area contributed by atoms with Crippen LogP contribution in [0.2, 0.25) is 0 Å². The second-order valence-corrected chi connectivity index (χ2v) is 6.48. The molecule has 0 aromatic carbocycles. The standard InChI is InChI=1S/C15H17N5O4S/c1-3-24-15(23)17-14-16-9-6-7-20(8-11(9)25-14)13(22)10-4-5-12(21)19(2)18-10/h4-5H,3,6-8H2,1-2H3,(H,16,17,23). The Balaban J connectivity index is 1.73. The van der Waals surface area contributed by atoms with Crippen molar-refractivity contribution in [2.24, 2.45) is 7.05 Å². The van der Waals surface area contributed by atoms with Gasteiger partial charge in [0.05, 0.1) is 18.8 Å². The third-order valence-electron chi connectivity index (χ3n) is 3.68. The van der Waals surface area contributed by atoms with Crippen molar-refractivity contribution in [3.05, 3.63) is 38.8 Å². The summed E-state index contributed by atoms with van der Waals surface area (Å²) in [6, 6.07) is 2.75. The Bertz CT molecular complexity index is 875. The van der Waals surface area contributed by atoms with Gasteiger partial charge in [0.15, 0.2) is 5.13 Å². The lowest BCUT2D eigenvalue weighted by atomic mass is 10.1. The summed E-state index contributed by atoms with van der Waals surface area (Å²) in [5.41, 5.74) is 0.823. The smallest absolute Gasteiger partial charge is 0.413 e. The van der Waals surface area contributed by atoms with Gasteiger partial charge in [-0.25, -0.2) is 14.5 Å². The van der Waals surface area contributed by atoms with E-state index in [0.29, 0.717) is 24.6 Å². The van der Waals surface area contributed by atoms with Gasteiger partial charge >= 0.3 is 6.09 Å². The molecule has 132 valence electrons. The molecule has 3 rings (SSSR count). The Morgan fingerprint density at radius 2 is 2.20 bits per heavy atom. The second kappa shape index (κ2) is 7.01. The molecule has 0 saturated carbocycles. The van der Waals surface area contributed by atoms with Gasteiger partial charge in [0, 0.05) is 31.0 Å². The van der Waals surface area contributed by atoms with Crippen LogP contribution in [0.5, 0.6) is 0 Å². The van der Waals surface area contributed by atoms with Crippen molar-refractivity contribution in [1.29, 1.82) is 0 Å². The molecule has 0 atom stereocenters. The molecule has 1 aliphatic heterocycles. The van der Waals surface area contributed by atoms with Crippen LogP contribution in [0.4, 0.5) is 9.93 Å². The number of nitrogens with zero attached hydrogens (tertiary/aromatic N) is 4. The molecule has 1 N–H and O–H groups in total. The fraction of sp³-hybridized carbons (Fsp3) is 0.400. The van der Waals surface area contributed by atoms with Crippen LogP contribution in [-0.4, -0.2) is 44.8 Å². The van der Waals surface area contributed by atoms with Crippen LogP contribution in [0.15, 0.2) is 16.9 Å². The van der Waals surface area contributed by atoms with Crippen LogP contribution in [0.1, 0.15) is 28.0 Å². The number of anilines is 1. The fourth-order valence-corrected chi connectivity index (χ4v) is 3.46. The van der Waals surface area contributed by atoms with Gasteiger partial charge in [-0.1, -0.05) is 11.3 Å². The summed E-state index contributed by atoms with van der Waals surface area (Å²) in [6.45, 7) is 2.90. The minimum absolute atomic E-state index is 0.222. The molecule has 10 heteroatoms. The lowest BCUT2D eigenvalue weighted by Gasteiger charge is -2.25. The van der Waals surface area contributed by atoms with Gasteiger partial charge in [-0.15, -0.1) is 0 Å². The number of nitrogens with one attached hydrogen (secondary N) is 1. The summed E-state index contributed by atoms with van der Waals surface area (Å²) in [6.07, 6.45) is 0.0457. The number of hydrogen-bond donors (Lipinski definition) is 1. The minimum atomic E-state index is -0.545. The zero-order valence-corrected chi connectivity index (χ0v) is 14.6. The maximum Gasteiger partial charge on any atom is 0.413 e. The second-order valence-electron chi connectivity index (χ2n) is 5.39. The molecule has 9 nitrogen and oxygen atoms in total. The first kappa shape index (κ1) is 17.1. The molecule has 2 aromatic heterocycles. The fourth-order valence-electron chi connectivity index (χ4n) is 2.46. The highest BCUT2D eigenvalue weighted by Crippen LogP contribution is 2.28. The largest absolute Gasteiger partial charge is 0.450 e. The Labute approximate surface area is 147 Å². The molecule has 0 bridgehead atoms. The van der Waals surface area contributed by atoms with E-state index in [9.17, 15) is 14.4 Å². The van der Waals surface area contributed by atoms with E-state index in [4.69, 9.17) is 4.74 Å². The number of aryl methyl sites for hydroxylation is 1. The van der Waals surface area contributed by atoms with E-state index >= 15 is 0 Å². The molecule has 1 aliphatic rings. The Morgan fingerprint density at radius 3 is 2.92 bits per heavy atom. The molecule has 0 radical (unpaired) electrons. The molecule has 2 aromatic rings. The van der Waals surface area contributed by atoms with Gasteiger partial charge in [-0.05, 0) is 13.0 Å². The summed E-state index contributed by atoms with van der Waals surface area (Å²) in [7, 11) is 1.50. The maximum absolute atomic E-state index is 12.6. The molecule has 0 unspecified atom stereocenters. The average molecular weight is 363 g/mol. The van der Waals surface area contributed by atoms with Crippen molar-refractivity contribution in [2.45, 2.75) is 19.9 Å². The molecule has 0 aliphatic carbocycles. The number of rotatable bonds is 3. The first-order chi connectivity index (χ1) is 12.0. The van der Waals surface area contributed by atoms with Crippen LogP contribution in [0.3, 0.4) is 0 Å². The lowest BCUT2D eigenvalue weighted by Crippen LogP contribution is -2.37. The topological polar surface area (TPSA) is 106 Å². The summed E-state index contributed by atoms with van der Waals surface area (Å²) in [5.74, 6) is -0.241. The Hall–Kier alpha value is -2.75.